The van der Waals surface area contributed by atoms with Gasteiger partial charge in [-0.2, -0.15) is 4.98 Å². The van der Waals surface area contributed by atoms with Crippen LogP contribution in [-0.2, 0) is 0 Å². The number of nitrogens with one attached hydrogen (secondary N) is 1. The number of aliphatic hydroxyl groups excluding tert-OH is 1. The van der Waals surface area contributed by atoms with Crippen LogP contribution in [0.2, 0.25) is 0 Å². The molecule has 0 radical (unpaired) electrons. The minimum atomic E-state index is -0.0608. The number of anilines is 1. The van der Waals surface area contributed by atoms with Gasteiger partial charge in [-0.3, -0.25) is 4.98 Å². The van der Waals surface area contributed by atoms with Crippen LogP contribution in [0.25, 0.3) is 11.0 Å². The fourth-order valence-electron chi connectivity index (χ4n) is 2.15. The first-order valence-electron chi connectivity index (χ1n) is 7.07. The number of aromatic nitrogens is 2. The molecule has 0 bridgehead atoms. The summed E-state index contributed by atoms with van der Waals surface area (Å²) in [6.45, 7) is 2.12. The number of aliphatic hydroxyl groups is 1. The molecule has 0 aliphatic rings. The van der Waals surface area contributed by atoms with Gasteiger partial charge in [0, 0.05) is 5.39 Å². The van der Waals surface area contributed by atoms with Crippen LogP contribution < -0.4 is 10.1 Å². The van der Waals surface area contributed by atoms with Gasteiger partial charge in [0.2, 0.25) is 5.88 Å². The molecule has 0 saturated carbocycles. The van der Waals surface area contributed by atoms with Crippen LogP contribution in [0, 0.1) is 0 Å². The summed E-state index contributed by atoms with van der Waals surface area (Å²) in [6.07, 6.45) is 3.12. The first-order chi connectivity index (χ1) is 10.8. The Hall–Kier alpha value is -2.60. The molecule has 0 aliphatic carbocycles. The molecule has 3 rings (SSSR count). The number of hydrogen-bond acceptors (Lipinski definition) is 6. The van der Waals surface area contributed by atoms with Crippen molar-refractivity contribution in [2.45, 2.75) is 13.0 Å². The lowest BCUT2D eigenvalue weighted by Gasteiger charge is -2.12. The smallest absolute Gasteiger partial charge is 0.234 e. The third-order valence-corrected chi connectivity index (χ3v) is 3.19. The second kappa shape index (κ2) is 6.44. The summed E-state index contributed by atoms with van der Waals surface area (Å²) in [5, 5.41) is 13.1. The molecule has 0 saturated heterocycles. The van der Waals surface area contributed by atoms with Gasteiger partial charge >= 0.3 is 0 Å². The minimum absolute atomic E-state index is 0.0604. The van der Waals surface area contributed by atoms with E-state index in [1.54, 1.807) is 6.20 Å². The van der Waals surface area contributed by atoms with E-state index < -0.39 is 0 Å². The van der Waals surface area contributed by atoms with E-state index in [0.29, 0.717) is 11.7 Å². The number of benzene rings is 1. The number of ether oxygens (including phenoxy) is 1. The molecule has 0 unspecified atom stereocenters. The second-order valence-electron chi connectivity index (χ2n) is 4.87. The number of hydrogen-bond donors (Lipinski definition) is 2. The van der Waals surface area contributed by atoms with Crippen molar-refractivity contribution >= 4 is 16.8 Å². The van der Waals surface area contributed by atoms with Crippen LogP contribution >= 0.6 is 0 Å². The number of fused-ring (bicyclic) bond motifs is 1. The highest BCUT2D eigenvalue weighted by molar-refractivity contribution is 5.77. The monoisotopic (exact) mass is 299 g/mol. The Kier molecular flexibility index (Phi) is 4.20. The van der Waals surface area contributed by atoms with Crippen molar-refractivity contribution in [1.82, 2.24) is 9.97 Å². The lowest BCUT2D eigenvalue weighted by Crippen LogP contribution is -2.09. The molecule has 6 nitrogen and oxygen atoms in total. The molecule has 2 heterocycles. The van der Waals surface area contributed by atoms with Crippen molar-refractivity contribution in [2.75, 3.05) is 18.5 Å². The molecular formula is C16H17N3O3. The Labute approximate surface area is 127 Å². The molecule has 22 heavy (non-hydrogen) atoms. The minimum Gasteiger partial charge on any atom is -0.474 e. The van der Waals surface area contributed by atoms with Gasteiger partial charge in [-0.15, -0.1) is 0 Å². The fourth-order valence-corrected chi connectivity index (χ4v) is 2.15. The molecule has 0 amide bonds. The van der Waals surface area contributed by atoms with Crippen LogP contribution in [0.1, 0.15) is 18.7 Å². The molecule has 1 aromatic carbocycles. The van der Waals surface area contributed by atoms with Gasteiger partial charge in [0.15, 0.2) is 0 Å². The molecular weight excluding hydrogens is 282 g/mol. The molecule has 0 spiro atoms. The highest BCUT2D eigenvalue weighted by Crippen LogP contribution is 2.25. The van der Waals surface area contributed by atoms with Gasteiger partial charge < -0.3 is 19.6 Å². The highest BCUT2D eigenvalue weighted by Gasteiger charge is 2.12. The molecule has 0 aliphatic heterocycles. The molecule has 3 aromatic rings. The van der Waals surface area contributed by atoms with Gasteiger partial charge in [-0.1, -0.05) is 18.2 Å². The maximum Gasteiger partial charge on any atom is 0.234 e. The average Bonchev–Trinajstić information content (AvgIpc) is 2.97. The summed E-state index contributed by atoms with van der Waals surface area (Å²) in [6, 6.07) is 9.82. The van der Waals surface area contributed by atoms with Gasteiger partial charge in [-0.05, 0) is 19.1 Å². The van der Waals surface area contributed by atoms with E-state index in [9.17, 15) is 0 Å². The number of furan rings is 1. The number of para-hydroxylation sites is 1. The average molecular weight is 299 g/mol. The normalized spacial score (nSPS) is 12.3. The molecule has 6 heteroatoms. The van der Waals surface area contributed by atoms with E-state index in [1.807, 2.05) is 37.3 Å². The predicted molar refractivity (Wildman–Crippen MR) is 82.9 cm³/mol. The van der Waals surface area contributed by atoms with E-state index in [-0.39, 0.29) is 19.3 Å². The SMILES string of the molecule is C[C@@H](Nc1cncc(OCCO)n1)c1cc2ccccc2o1. The highest BCUT2D eigenvalue weighted by atomic mass is 16.5. The van der Waals surface area contributed by atoms with Crippen LogP contribution in [-0.4, -0.2) is 28.3 Å². The summed E-state index contributed by atoms with van der Waals surface area (Å²) >= 11 is 0. The summed E-state index contributed by atoms with van der Waals surface area (Å²) in [5.74, 6) is 1.78. The summed E-state index contributed by atoms with van der Waals surface area (Å²) in [4.78, 5) is 8.35. The van der Waals surface area contributed by atoms with Gasteiger partial charge in [0.05, 0.1) is 25.0 Å². The van der Waals surface area contributed by atoms with Crippen LogP contribution in [0.15, 0.2) is 47.1 Å². The van der Waals surface area contributed by atoms with Gasteiger partial charge in [-0.25, -0.2) is 0 Å². The van der Waals surface area contributed by atoms with E-state index >= 15 is 0 Å². The summed E-state index contributed by atoms with van der Waals surface area (Å²) < 4.78 is 11.1. The largest absolute Gasteiger partial charge is 0.474 e. The molecule has 0 fully saturated rings. The fraction of sp³-hybridized carbons (Fsp3) is 0.250. The Balaban J connectivity index is 1.74. The standard InChI is InChI=1S/C16H17N3O3/c1-11(14-8-12-4-2-3-5-13(12)22-14)18-15-9-17-10-16(19-15)21-7-6-20/h2-5,8-11,20H,6-7H2,1H3,(H,18,19)/t11-/m1/s1. The van der Waals surface area contributed by atoms with Crippen molar-refractivity contribution in [3.63, 3.8) is 0 Å². The molecule has 1 atom stereocenters. The lowest BCUT2D eigenvalue weighted by atomic mass is 10.2. The van der Waals surface area contributed by atoms with Crippen LogP contribution in [0.5, 0.6) is 5.88 Å². The molecule has 114 valence electrons. The maximum atomic E-state index is 8.76. The number of nitrogens with zero attached hydrogens (tertiary/aromatic N) is 2. The topological polar surface area (TPSA) is 80.4 Å². The first kappa shape index (κ1) is 14.3. The van der Waals surface area contributed by atoms with Gasteiger partial charge in [0.1, 0.15) is 23.8 Å². The van der Waals surface area contributed by atoms with E-state index in [4.69, 9.17) is 14.3 Å². The second-order valence-corrected chi connectivity index (χ2v) is 4.87. The zero-order valence-corrected chi connectivity index (χ0v) is 12.2. The maximum absolute atomic E-state index is 8.76. The van der Waals surface area contributed by atoms with Crippen molar-refractivity contribution in [3.8, 4) is 5.88 Å². The lowest BCUT2D eigenvalue weighted by molar-refractivity contribution is 0.196. The van der Waals surface area contributed by atoms with Crippen molar-refractivity contribution in [2.24, 2.45) is 0 Å². The summed E-state index contributed by atoms with van der Waals surface area (Å²) in [5.41, 5.74) is 0.859. The zero-order valence-electron chi connectivity index (χ0n) is 12.2. The van der Waals surface area contributed by atoms with E-state index in [1.165, 1.54) is 6.20 Å². The third kappa shape index (κ3) is 3.17. The third-order valence-electron chi connectivity index (χ3n) is 3.19. The van der Waals surface area contributed by atoms with Crippen molar-refractivity contribution in [3.05, 3.63) is 48.5 Å². The quantitative estimate of drug-likeness (QED) is 0.728. The van der Waals surface area contributed by atoms with Crippen LogP contribution in [0.3, 0.4) is 0 Å². The van der Waals surface area contributed by atoms with E-state index in [2.05, 4.69) is 15.3 Å². The Bertz CT molecular complexity index is 724. The van der Waals surface area contributed by atoms with Crippen molar-refractivity contribution in [1.29, 1.82) is 0 Å². The van der Waals surface area contributed by atoms with Gasteiger partial charge in [0.25, 0.3) is 0 Å². The predicted octanol–water partition coefficient (Wildman–Crippen LogP) is 2.77. The Morgan fingerprint density at radius 2 is 2.18 bits per heavy atom. The molecule has 2 aromatic heterocycles. The molecule has 2 N–H and O–H groups in total. The first-order valence-corrected chi connectivity index (χ1v) is 7.07. The Morgan fingerprint density at radius 3 is 3.00 bits per heavy atom. The number of rotatable bonds is 6. The zero-order chi connectivity index (χ0) is 15.4. The summed E-state index contributed by atoms with van der Waals surface area (Å²) in [7, 11) is 0. The van der Waals surface area contributed by atoms with Crippen molar-refractivity contribution < 1.29 is 14.3 Å². The Morgan fingerprint density at radius 1 is 1.32 bits per heavy atom. The van der Waals surface area contributed by atoms with E-state index in [0.717, 1.165) is 16.7 Å². The van der Waals surface area contributed by atoms with Crippen LogP contribution in [0.4, 0.5) is 5.82 Å².